The first kappa shape index (κ1) is 15.3. The molecule has 1 aromatic heterocycles. The summed E-state index contributed by atoms with van der Waals surface area (Å²) in [5.41, 5.74) is 4.78. The number of aromatic nitrogens is 2. The third kappa shape index (κ3) is 2.33. The molecule has 6 heteroatoms. The summed E-state index contributed by atoms with van der Waals surface area (Å²) in [6.45, 7) is 3.91. The molecule has 1 amide bonds. The van der Waals surface area contributed by atoms with Crippen molar-refractivity contribution in [2.45, 2.75) is 19.4 Å². The second-order valence-electron chi connectivity index (χ2n) is 6.75. The molecule has 0 saturated heterocycles. The van der Waals surface area contributed by atoms with Gasteiger partial charge in [-0.3, -0.25) is 4.79 Å². The Labute approximate surface area is 150 Å². The van der Waals surface area contributed by atoms with Crippen molar-refractivity contribution < 1.29 is 14.3 Å². The van der Waals surface area contributed by atoms with Crippen molar-refractivity contribution in [3.63, 3.8) is 0 Å². The van der Waals surface area contributed by atoms with Crippen LogP contribution in [0.3, 0.4) is 0 Å². The standard InChI is InChI=1S/C20H19N3O3/c1-12-15-10-19-18(25-6-7-26-19)9-13(15)4-5-23(12)20(24)14-2-3-16-17(8-14)22-11-21-16/h2-3,8-12H,4-7H2,1H3,(H,21,22). The van der Waals surface area contributed by atoms with E-state index in [1.54, 1.807) is 6.33 Å². The number of benzene rings is 2. The van der Waals surface area contributed by atoms with Crippen LogP contribution in [0.4, 0.5) is 0 Å². The van der Waals surface area contributed by atoms with E-state index in [9.17, 15) is 4.79 Å². The number of carbonyl (C=O) groups excluding carboxylic acids is 1. The first-order valence-corrected chi connectivity index (χ1v) is 8.87. The van der Waals surface area contributed by atoms with Gasteiger partial charge in [0.1, 0.15) is 13.2 Å². The van der Waals surface area contributed by atoms with Crippen molar-refractivity contribution in [1.82, 2.24) is 14.9 Å². The van der Waals surface area contributed by atoms with Gasteiger partial charge in [0.15, 0.2) is 11.5 Å². The molecule has 2 aromatic carbocycles. The maximum Gasteiger partial charge on any atom is 0.254 e. The molecule has 26 heavy (non-hydrogen) atoms. The molecule has 3 aromatic rings. The minimum Gasteiger partial charge on any atom is -0.486 e. The predicted molar refractivity (Wildman–Crippen MR) is 96.7 cm³/mol. The maximum absolute atomic E-state index is 13.1. The summed E-state index contributed by atoms with van der Waals surface area (Å²) < 4.78 is 11.4. The van der Waals surface area contributed by atoms with Crippen molar-refractivity contribution in [1.29, 1.82) is 0 Å². The summed E-state index contributed by atoms with van der Waals surface area (Å²) in [5, 5.41) is 0. The molecule has 0 spiro atoms. The Hall–Kier alpha value is -3.02. The highest BCUT2D eigenvalue weighted by molar-refractivity contribution is 5.97. The molecule has 1 atom stereocenters. The topological polar surface area (TPSA) is 67.5 Å². The Bertz CT molecular complexity index is 1010. The summed E-state index contributed by atoms with van der Waals surface area (Å²) >= 11 is 0. The van der Waals surface area contributed by atoms with Gasteiger partial charge in [-0.2, -0.15) is 0 Å². The van der Waals surface area contributed by atoms with Crippen molar-refractivity contribution in [2.24, 2.45) is 0 Å². The number of carbonyl (C=O) groups is 1. The largest absolute Gasteiger partial charge is 0.486 e. The van der Waals surface area contributed by atoms with E-state index in [1.807, 2.05) is 29.2 Å². The van der Waals surface area contributed by atoms with Gasteiger partial charge in [0.2, 0.25) is 0 Å². The van der Waals surface area contributed by atoms with E-state index in [2.05, 4.69) is 23.0 Å². The van der Waals surface area contributed by atoms with Crippen molar-refractivity contribution in [2.75, 3.05) is 19.8 Å². The van der Waals surface area contributed by atoms with Gasteiger partial charge < -0.3 is 19.4 Å². The second kappa shape index (κ2) is 5.76. The molecule has 1 N–H and O–H groups in total. The van der Waals surface area contributed by atoms with Gasteiger partial charge in [0.05, 0.1) is 23.4 Å². The molecular weight excluding hydrogens is 330 g/mol. The number of nitrogens with one attached hydrogen (secondary N) is 1. The molecule has 0 bridgehead atoms. The number of hydrogen-bond donors (Lipinski definition) is 1. The van der Waals surface area contributed by atoms with Gasteiger partial charge in [-0.1, -0.05) is 0 Å². The molecule has 6 nitrogen and oxygen atoms in total. The predicted octanol–water partition coefficient (Wildman–Crippen LogP) is 3.09. The van der Waals surface area contributed by atoms with Crippen LogP contribution in [0.25, 0.3) is 11.0 Å². The zero-order valence-electron chi connectivity index (χ0n) is 14.5. The van der Waals surface area contributed by atoms with Gasteiger partial charge in [-0.15, -0.1) is 0 Å². The second-order valence-corrected chi connectivity index (χ2v) is 6.75. The number of ether oxygens (including phenoxy) is 2. The van der Waals surface area contributed by atoms with Crippen molar-refractivity contribution in [3.8, 4) is 11.5 Å². The van der Waals surface area contributed by atoms with Crippen LogP contribution in [0.1, 0.15) is 34.5 Å². The number of aromatic amines is 1. The minimum absolute atomic E-state index is 0.0143. The highest BCUT2D eigenvalue weighted by Crippen LogP contribution is 2.39. The molecule has 0 saturated carbocycles. The van der Waals surface area contributed by atoms with Crippen LogP contribution in [0, 0.1) is 0 Å². The van der Waals surface area contributed by atoms with Crippen LogP contribution in [-0.2, 0) is 6.42 Å². The van der Waals surface area contributed by atoms with Crippen molar-refractivity contribution >= 4 is 16.9 Å². The lowest BCUT2D eigenvalue weighted by Gasteiger charge is -2.36. The summed E-state index contributed by atoms with van der Waals surface area (Å²) in [6, 6.07) is 9.68. The van der Waals surface area contributed by atoms with Crippen LogP contribution in [-0.4, -0.2) is 40.5 Å². The average Bonchev–Trinajstić information content (AvgIpc) is 3.14. The van der Waals surface area contributed by atoms with Gasteiger partial charge in [0, 0.05) is 12.1 Å². The van der Waals surface area contributed by atoms with Gasteiger partial charge in [-0.25, -0.2) is 4.98 Å². The number of rotatable bonds is 1. The minimum atomic E-state index is -0.0143. The SMILES string of the molecule is CC1c2cc3c(cc2CCN1C(=O)c1ccc2nc[nH]c2c1)OCCO3. The normalized spacial score (nSPS) is 18.7. The number of amides is 1. The van der Waals surface area contributed by atoms with Gasteiger partial charge in [-0.05, 0) is 54.8 Å². The fourth-order valence-corrected chi connectivity index (χ4v) is 3.87. The van der Waals surface area contributed by atoms with Crippen LogP contribution in [0.15, 0.2) is 36.7 Å². The zero-order valence-corrected chi connectivity index (χ0v) is 14.5. The summed E-state index contributed by atoms with van der Waals surface area (Å²) in [5.74, 6) is 1.62. The maximum atomic E-state index is 13.1. The summed E-state index contributed by atoms with van der Waals surface area (Å²) in [6.07, 6.45) is 2.46. The quantitative estimate of drug-likeness (QED) is 0.733. The fraction of sp³-hybridized carbons (Fsp3) is 0.300. The fourth-order valence-electron chi connectivity index (χ4n) is 3.87. The molecule has 2 aliphatic heterocycles. The number of fused-ring (bicyclic) bond motifs is 3. The van der Waals surface area contributed by atoms with Crippen LogP contribution in [0.2, 0.25) is 0 Å². The number of hydrogen-bond acceptors (Lipinski definition) is 4. The zero-order chi connectivity index (χ0) is 17.7. The van der Waals surface area contributed by atoms with Crippen LogP contribution in [0.5, 0.6) is 11.5 Å². The highest BCUT2D eigenvalue weighted by Gasteiger charge is 2.30. The Morgan fingerprint density at radius 1 is 1.19 bits per heavy atom. The lowest BCUT2D eigenvalue weighted by Crippen LogP contribution is -2.39. The summed E-state index contributed by atoms with van der Waals surface area (Å²) in [7, 11) is 0. The van der Waals surface area contributed by atoms with E-state index in [4.69, 9.17) is 9.47 Å². The van der Waals surface area contributed by atoms with Crippen molar-refractivity contribution in [3.05, 3.63) is 53.3 Å². The highest BCUT2D eigenvalue weighted by atomic mass is 16.6. The third-order valence-corrected chi connectivity index (χ3v) is 5.27. The molecule has 5 rings (SSSR count). The molecule has 0 fully saturated rings. The number of imidazole rings is 1. The molecule has 1 unspecified atom stereocenters. The molecule has 132 valence electrons. The van der Waals surface area contributed by atoms with E-state index in [-0.39, 0.29) is 11.9 Å². The number of H-pyrrole nitrogens is 1. The molecule has 0 aliphatic carbocycles. The van der Waals surface area contributed by atoms with E-state index < -0.39 is 0 Å². The Kier molecular flexibility index (Phi) is 3.38. The molecule has 0 radical (unpaired) electrons. The average molecular weight is 349 g/mol. The van der Waals surface area contributed by atoms with Gasteiger partial charge in [0.25, 0.3) is 5.91 Å². The molecule has 2 aliphatic rings. The molecule has 3 heterocycles. The van der Waals surface area contributed by atoms with Crippen LogP contribution < -0.4 is 9.47 Å². The lowest BCUT2D eigenvalue weighted by atomic mass is 9.92. The summed E-state index contributed by atoms with van der Waals surface area (Å²) in [4.78, 5) is 22.3. The smallest absolute Gasteiger partial charge is 0.254 e. The Morgan fingerprint density at radius 3 is 2.85 bits per heavy atom. The molecular formula is C20H19N3O3. The Morgan fingerprint density at radius 2 is 2.00 bits per heavy atom. The number of nitrogens with zero attached hydrogens (tertiary/aromatic N) is 2. The third-order valence-electron chi connectivity index (χ3n) is 5.27. The monoisotopic (exact) mass is 349 g/mol. The lowest BCUT2D eigenvalue weighted by molar-refractivity contribution is 0.0676. The van der Waals surface area contributed by atoms with E-state index in [0.29, 0.717) is 25.3 Å². The van der Waals surface area contributed by atoms with E-state index in [0.717, 1.165) is 34.5 Å². The van der Waals surface area contributed by atoms with E-state index in [1.165, 1.54) is 5.56 Å². The Balaban J connectivity index is 1.48. The first-order valence-electron chi connectivity index (χ1n) is 8.87. The van der Waals surface area contributed by atoms with Crippen LogP contribution >= 0.6 is 0 Å². The van der Waals surface area contributed by atoms with E-state index >= 15 is 0 Å². The first-order chi connectivity index (χ1) is 12.7. The van der Waals surface area contributed by atoms with Gasteiger partial charge >= 0.3 is 0 Å².